The van der Waals surface area contributed by atoms with Crippen molar-refractivity contribution in [1.82, 2.24) is 14.8 Å². The Labute approximate surface area is 148 Å². The average molecular weight is 351 g/mol. The molecule has 2 aromatic carbocycles. The van der Waals surface area contributed by atoms with Crippen molar-refractivity contribution < 1.29 is 0 Å². The second kappa shape index (κ2) is 6.45. The maximum atomic E-state index is 11.8. The molecular formula is C19H15ClN4O. The van der Waals surface area contributed by atoms with E-state index in [1.165, 1.54) is 0 Å². The summed E-state index contributed by atoms with van der Waals surface area (Å²) in [4.78, 5) is 11.8. The van der Waals surface area contributed by atoms with Gasteiger partial charge in [-0.15, -0.1) is 0 Å². The summed E-state index contributed by atoms with van der Waals surface area (Å²) in [5.74, 6) is 0. The van der Waals surface area contributed by atoms with E-state index in [-0.39, 0.29) is 10.7 Å². The molecule has 0 amide bonds. The summed E-state index contributed by atoms with van der Waals surface area (Å²) in [6.45, 7) is 0.662. The third-order valence-corrected chi connectivity index (χ3v) is 4.34. The van der Waals surface area contributed by atoms with Crippen LogP contribution < -0.4 is 10.9 Å². The van der Waals surface area contributed by atoms with Crippen molar-refractivity contribution in [3.8, 4) is 5.69 Å². The number of anilines is 1. The third-order valence-electron chi connectivity index (χ3n) is 4.05. The number of nitrogens with one attached hydrogen (secondary N) is 2. The molecule has 0 fully saturated rings. The number of fused-ring (bicyclic) bond motifs is 1. The van der Waals surface area contributed by atoms with E-state index in [9.17, 15) is 4.79 Å². The van der Waals surface area contributed by atoms with Crippen LogP contribution >= 0.6 is 11.6 Å². The molecule has 0 unspecified atom stereocenters. The molecule has 2 aromatic heterocycles. The molecule has 6 heteroatoms. The zero-order chi connectivity index (χ0) is 17.2. The molecule has 124 valence electrons. The highest BCUT2D eigenvalue weighted by atomic mass is 35.5. The van der Waals surface area contributed by atoms with Crippen molar-refractivity contribution in [3.63, 3.8) is 0 Å². The highest BCUT2D eigenvalue weighted by Gasteiger charge is 2.06. The second-order valence-electron chi connectivity index (χ2n) is 5.72. The molecular weight excluding hydrogens is 336 g/mol. The lowest BCUT2D eigenvalue weighted by Crippen LogP contribution is -2.08. The van der Waals surface area contributed by atoms with Crippen molar-refractivity contribution >= 4 is 28.1 Å². The van der Waals surface area contributed by atoms with Gasteiger partial charge in [-0.25, -0.2) is 5.10 Å². The van der Waals surface area contributed by atoms with Gasteiger partial charge in [0.05, 0.1) is 5.39 Å². The summed E-state index contributed by atoms with van der Waals surface area (Å²) in [6, 6.07) is 17.8. The van der Waals surface area contributed by atoms with Gasteiger partial charge < -0.3 is 9.88 Å². The first-order chi connectivity index (χ1) is 12.2. The number of hydrogen-bond donors (Lipinski definition) is 2. The highest BCUT2D eigenvalue weighted by Crippen LogP contribution is 2.22. The van der Waals surface area contributed by atoms with E-state index >= 15 is 0 Å². The minimum absolute atomic E-state index is 0.245. The van der Waals surface area contributed by atoms with Crippen molar-refractivity contribution in [1.29, 1.82) is 0 Å². The summed E-state index contributed by atoms with van der Waals surface area (Å²) in [7, 11) is 0. The van der Waals surface area contributed by atoms with Gasteiger partial charge in [-0.1, -0.05) is 23.7 Å². The van der Waals surface area contributed by atoms with Crippen molar-refractivity contribution in [3.05, 3.63) is 88.1 Å². The van der Waals surface area contributed by atoms with Crippen molar-refractivity contribution in [2.75, 3.05) is 5.32 Å². The molecule has 25 heavy (non-hydrogen) atoms. The van der Waals surface area contributed by atoms with Gasteiger partial charge >= 0.3 is 0 Å². The van der Waals surface area contributed by atoms with Crippen LogP contribution in [0, 0.1) is 0 Å². The monoisotopic (exact) mass is 350 g/mol. The fraction of sp³-hybridized carbons (Fsp3) is 0.0526. The van der Waals surface area contributed by atoms with Crippen LogP contribution in [-0.4, -0.2) is 14.8 Å². The van der Waals surface area contributed by atoms with E-state index in [1.54, 1.807) is 6.07 Å². The lowest BCUT2D eigenvalue weighted by atomic mass is 10.1. The Morgan fingerprint density at radius 1 is 1.04 bits per heavy atom. The molecule has 0 spiro atoms. The highest BCUT2D eigenvalue weighted by molar-refractivity contribution is 6.34. The minimum atomic E-state index is -0.245. The lowest BCUT2D eigenvalue weighted by Gasteiger charge is -2.10. The predicted octanol–water partition coefficient (Wildman–Crippen LogP) is 3.98. The maximum absolute atomic E-state index is 11.8. The van der Waals surface area contributed by atoms with E-state index < -0.39 is 0 Å². The normalized spacial score (nSPS) is 10.9. The van der Waals surface area contributed by atoms with Crippen molar-refractivity contribution in [2.24, 2.45) is 0 Å². The van der Waals surface area contributed by atoms with Crippen LogP contribution in [0.1, 0.15) is 5.56 Å². The maximum Gasteiger partial charge on any atom is 0.272 e. The van der Waals surface area contributed by atoms with Crippen LogP contribution in [0.25, 0.3) is 16.5 Å². The van der Waals surface area contributed by atoms with Crippen LogP contribution in [0.2, 0.25) is 5.15 Å². The summed E-state index contributed by atoms with van der Waals surface area (Å²) in [5, 5.41) is 11.0. The van der Waals surface area contributed by atoms with Gasteiger partial charge in [0, 0.05) is 35.7 Å². The summed E-state index contributed by atoms with van der Waals surface area (Å²) < 4.78 is 2.07. The average Bonchev–Trinajstić information content (AvgIpc) is 3.18. The van der Waals surface area contributed by atoms with Gasteiger partial charge in [-0.3, -0.25) is 4.79 Å². The molecule has 4 aromatic rings. The smallest absolute Gasteiger partial charge is 0.272 e. The van der Waals surface area contributed by atoms with E-state index in [2.05, 4.69) is 38.3 Å². The standard InChI is InChI=1S/C19H15ClN4O/c20-18-17-11-14(6-7-16(17)19(25)23-22-18)21-12-13-4-3-5-15(10-13)24-8-1-2-9-24/h1-11,21H,12H2,(H,23,25). The number of nitrogens with zero attached hydrogens (tertiary/aromatic N) is 2. The first kappa shape index (κ1) is 15.5. The molecule has 2 N–H and O–H groups in total. The minimum Gasteiger partial charge on any atom is -0.381 e. The van der Waals surface area contributed by atoms with Gasteiger partial charge in [0.2, 0.25) is 0 Å². The number of H-pyrrole nitrogens is 1. The molecule has 0 aliphatic heterocycles. The molecule has 0 radical (unpaired) electrons. The molecule has 5 nitrogen and oxygen atoms in total. The largest absolute Gasteiger partial charge is 0.381 e. The molecule has 0 saturated carbocycles. The van der Waals surface area contributed by atoms with Gasteiger partial charge in [-0.05, 0) is 48.0 Å². The van der Waals surface area contributed by atoms with Crippen LogP contribution in [-0.2, 0) is 6.54 Å². The quantitative estimate of drug-likeness (QED) is 0.585. The molecule has 0 aliphatic carbocycles. The molecule has 0 atom stereocenters. The van der Waals surface area contributed by atoms with Gasteiger partial charge in [-0.2, -0.15) is 5.10 Å². The van der Waals surface area contributed by atoms with E-state index in [1.807, 2.05) is 42.7 Å². The zero-order valence-electron chi connectivity index (χ0n) is 13.2. The number of rotatable bonds is 4. The number of halogens is 1. The van der Waals surface area contributed by atoms with Crippen LogP contribution in [0.4, 0.5) is 5.69 Å². The fourth-order valence-electron chi connectivity index (χ4n) is 2.78. The molecule has 2 heterocycles. The Balaban J connectivity index is 1.57. The summed E-state index contributed by atoms with van der Waals surface area (Å²) in [5.41, 5.74) is 2.90. The molecule has 4 rings (SSSR count). The third kappa shape index (κ3) is 3.14. The topological polar surface area (TPSA) is 62.7 Å². The molecule has 0 bridgehead atoms. The van der Waals surface area contributed by atoms with Gasteiger partial charge in [0.15, 0.2) is 5.15 Å². The Hall–Kier alpha value is -3.05. The lowest BCUT2D eigenvalue weighted by molar-refractivity contribution is 1.01. The Morgan fingerprint density at radius 3 is 2.72 bits per heavy atom. The SMILES string of the molecule is O=c1[nH]nc(Cl)c2cc(NCc3cccc(-n4cccc4)c3)ccc12. The Kier molecular flexibility index (Phi) is 3.99. The summed E-state index contributed by atoms with van der Waals surface area (Å²) in [6.07, 6.45) is 4.03. The van der Waals surface area contributed by atoms with Crippen LogP contribution in [0.5, 0.6) is 0 Å². The Bertz CT molecular complexity index is 1090. The predicted molar refractivity (Wildman–Crippen MR) is 100 cm³/mol. The molecule has 0 saturated heterocycles. The molecule has 0 aliphatic rings. The number of benzene rings is 2. The second-order valence-corrected chi connectivity index (χ2v) is 6.08. The summed E-state index contributed by atoms with van der Waals surface area (Å²) >= 11 is 6.08. The van der Waals surface area contributed by atoms with E-state index in [4.69, 9.17) is 11.6 Å². The van der Waals surface area contributed by atoms with Gasteiger partial charge in [0.25, 0.3) is 5.56 Å². The van der Waals surface area contributed by atoms with Crippen LogP contribution in [0.15, 0.2) is 71.8 Å². The first-order valence-corrected chi connectivity index (χ1v) is 8.22. The first-order valence-electron chi connectivity index (χ1n) is 7.85. The van der Waals surface area contributed by atoms with Gasteiger partial charge in [0.1, 0.15) is 0 Å². The number of hydrogen-bond acceptors (Lipinski definition) is 3. The van der Waals surface area contributed by atoms with E-state index in [0.717, 1.165) is 16.9 Å². The van der Waals surface area contributed by atoms with E-state index in [0.29, 0.717) is 17.3 Å². The van der Waals surface area contributed by atoms with Crippen LogP contribution in [0.3, 0.4) is 0 Å². The number of aromatic amines is 1. The zero-order valence-corrected chi connectivity index (χ0v) is 14.0. The van der Waals surface area contributed by atoms with Crippen molar-refractivity contribution in [2.45, 2.75) is 6.54 Å². The number of aromatic nitrogens is 3. The fourth-order valence-corrected chi connectivity index (χ4v) is 2.98. The Morgan fingerprint density at radius 2 is 1.88 bits per heavy atom.